The van der Waals surface area contributed by atoms with E-state index in [-0.39, 0.29) is 23.4 Å². The van der Waals surface area contributed by atoms with E-state index in [0.717, 1.165) is 15.8 Å². The number of rotatable bonds is 5. The van der Waals surface area contributed by atoms with Crippen molar-refractivity contribution in [1.82, 2.24) is 29.7 Å². The van der Waals surface area contributed by atoms with Crippen molar-refractivity contribution in [2.75, 3.05) is 0 Å². The van der Waals surface area contributed by atoms with E-state index in [0.29, 0.717) is 11.3 Å². The number of halogens is 2. The minimum Gasteiger partial charge on any atom is -0.348 e. The van der Waals surface area contributed by atoms with Crippen LogP contribution in [0.5, 0.6) is 0 Å². The Kier molecular flexibility index (Phi) is 4.79. The lowest BCUT2D eigenvalue weighted by atomic mass is 10.1. The maximum atomic E-state index is 13.6. The number of amides is 1. The van der Waals surface area contributed by atoms with Crippen LogP contribution in [0.2, 0.25) is 0 Å². The van der Waals surface area contributed by atoms with Crippen molar-refractivity contribution in [2.45, 2.75) is 19.9 Å². The van der Waals surface area contributed by atoms with Gasteiger partial charge in [-0.05, 0) is 13.0 Å². The van der Waals surface area contributed by atoms with Crippen LogP contribution in [0.4, 0.5) is 8.78 Å². The quantitative estimate of drug-likeness (QED) is 0.562. The largest absolute Gasteiger partial charge is 0.348 e. The summed E-state index contributed by atoms with van der Waals surface area (Å²) < 4.78 is 30.0. The molecule has 0 unspecified atom stereocenters. The summed E-state index contributed by atoms with van der Waals surface area (Å²) in [5.74, 6) is -0.443. The molecule has 9 heteroatoms. The van der Waals surface area contributed by atoms with Gasteiger partial charge in [0.25, 0.3) is 12.3 Å². The zero-order valence-corrected chi connectivity index (χ0v) is 15.8. The predicted molar refractivity (Wildman–Crippen MR) is 102 cm³/mol. The Morgan fingerprint density at radius 2 is 1.93 bits per heavy atom. The van der Waals surface area contributed by atoms with Gasteiger partial charge in [-0.25, -0.2) is 18.3 Å². The molecule has 0 radical (unpaired) electrons. The van der Waals surface area contributed by atoms with Crippen LogP contribution in [0.15, 0.2) is 48.8 Å². The van der Waals surface area contributed by atoms with Crippen molar-refractivity contribution in [3.63, 3.8) is 0 Å². The van der Waals surface area contributed by atoms with Gasteiger partial charge in [0.15, 0.2) is 5.65 Å². The number of aryl methyl sites for hydroxylation is 1. The minimum absolute atomic E-state index is 0.0852. The van der Waals surface area contributed by atoms with Gasteiger partial charge >= 0.3 is 0 Å². The molecule has 3 heterocycles. The fourth-order valence-corrected chi connectivity index (χ4v) is 3.05. The normalized spacial score (nSPS) is 11.3. The summed E-state index contributed by atoms with van der Waals surface area (Å²) in [6, 6.07) is 10.3. The van der Waals surface area contributed by atoms with Gasteiger partial charge in [-0.2, -0.15) is 10.2 Å². The lowest BCUT2D eigenvalue weighted by Gasteiger charge is -2.09. The predicted octanol–water partition coefficient (Wildman–Crippen LogP) is 3.31. The smallest absolute Gasteiger partial charge is 0.280 e. The third kappa shape index (κ3) is 3.46. The molecule has 0 spiro atoms. The van der Waals surface area contributed by atoms with E-state index in [1.54, 1.807) is 35.1 Å². The molecule has 7 nitrogen and oxygen atoms in total. The van der Waals surface area contributed by atoms with E-state index in [2.05, 4.69) is 20.5 Å². The number of fused-ring (bicyclic) bond motifs is 1. The highest BCUT2D eigenvalue weighted by molar-refractivity contribution is 5.99. The van der Waals surface area contributed by atoms with Gasteiger partial charge in [-0.1, -0.05) is 30.3 Å². The molecule has 4 rings (SSSR count). The number of carbonyl (C=O) groups excluding carboxylic acids is 1. The van der Waals surface area contributed by atoms with Crippen LogP contribution < -0.4 is 5.32 Å². The lowest BCUT2D eigenvalue weighted by molar-refractivity contribution is 0.0952. The number of hydrogen-bond donors (Lipinski definition) is 1. The molecule has 0 saturated carbocycles. The molecule has 0 fully saturated rings. The van der Waals surface area contributed by atoms with E-state index in [1.807, 2.05) is 20.0 Å². The zero-order valence-electron chi connectivity index (χ0n) is 15.8. The molecule has 0 saturated heterocycles. The molecule has 0 atom stereocenters. The van der Waals surface area contributed by atoms with Crippen LogP contribution in [0.1, 0.15) is 33.7 Å². The molecule has 3 aromatic heterocycles. The van der Waals surface area contributed by atoms with Crippen LogP contribution >= 0.6 is 0 Å². The van der Waals surface area contributed by atoms with Gasteiger partial charge in [0, 0.05) is 30.4 Å². The van der Waals surface area contributed by atoms with Crippen LogP contribution in [-0.2, 0) is 13.6 Å². The topological polar surface area (TPSA) is 77.1 Å². The summed E-state index contributed by atoms with van der Waals surface area (Å²) in [6.45, 7) is 2.16. The molecule has 1 aromatic carbocycles. The monoisotopic (exact) mass is 396 g/mol. The van der Waals surface area contributed by atoms with E-state index < -0.39 is 12.3 Å². The maximum Gasteiger partial charge on any atom is 0.280 e. The second kappa shape index (κ2) is 7.42. The zero-order chi connectivity index (χ0) is 20.5. The number of carbonyl (C=O) groups is 1. The van der Waals surface area contributed by atoms with Gasteiger partial charge in [0.05, 0.1) is 18.1 Å². The van der Waals surface area contributed by atoms with Crippen molar-refractivity contribution >= 4 is 11.6 Å². The molecule has 0 bridgehead atoms. The maximum absolute atomic E-state index is 13.6. The fraction of sp³-hybridized carbons (Fsp3) is 0.200. The summed E-state index contributed by atoms with van der Waals surface area (Å²) in [5.41, 5.74) is 2.71. The van der Waals surface area contributed by atoms with Crippen LogP contribution in [0, 0.1) is 6.92 Å². The molecule has 148 valence electrons. The first kappa shape index (κ1) is 18.7. The molecule has 29 heavy (non-hydrogen) atoms. The SMILES string of the molecule is Cc1c(CNC(=O)c2cnn3c(C(F)F)cc(-c4ccccc4)nc23)cnn1C. The number of alkyl halides is 2. The first-order valence-corrected chi connectivity index (χ1v) is 8.93. The highest BCUT2D eigenvalue weighted by Gasteiger charge is 2.21. The fourth-order valence-electron chi connectivity index (χ4n) is 3.05. The number of nitrogens with zero attached hydrogens (tertiary/aromatic N) is 5. The van der Waals surface area contributed by atoms with E-state index in [1.165, 1.54) is 12.3 Å². The van der Waals surface area contributed by atoms with Gasteiger partial charge < -0.3 is 5.32 Å². The third-order valence-corrected chi connectivity index (χ3v) is 4.81. The van der Waals surface area contributed by atoms with Crippen LogP contribution in [-0.4, -0.2) is 30.3 Å². The van der Waals surface area contributed by atoms with Crippen molar-refractivity contribution < 1.29 is 13.6 Å². The van der Waals surface area contributed by atoms with Gasteiger partial charge in [0.2, 0.25) is 0 Å². The first-order valence-electron chi connectivity index (χ1n) is 8.93. The Hall–Kier alpha value is -3.62. The van der Waals surface area contributed by atoms with Gasteiger partial charge in [0.1, 0.15) is 11.3 Å². The molecule has 0 aliphatic rings. The summed E-state index contributed by atoms with van der Waals surface area (Å²) in [4.78, 5) is 17.2. The minimum atomic E-state index is -2.77. The molecule has 1 amide bonds. The summed E-state index contributed by atoms with van der Waals surface area (Å²) in [7, 11) is 1.81. The Balaban J connectivity index is 1.72. The molecular formula is C20H18F2N6O. The standard InChI is InChI=1S/C20H18F2N6O/c1-12-14(10-24-27(12)2)9-23-20(29)15-11-25-28-17(18(21)22)8-16(26-19(15)28)13-6-4-3-5-7-13/h3-8,10-11,18H,9H2,1-2H3,(H,23,29). The summed E-state index contributed by atoms with van der Waals surface area (Å²) in [5, 5.41) is 10.9. The van der Waals surface area contributed by atoms with Crippen molar-refractivity contribution in [3.8, 4) is 11.3 Å². The van der Waals surface area contributed by atoms with Crippen molar-refractivity contribution in [3.05, 3.63) is 71.3 Å². The summed E-state index contributed by atoms with van der Waals surface area (Å²) in [6.07, 6.45) is 0.165. The Labute approximate surface area is 165 Å². The van der Waals surface area contributed by atoms with E-state index in [4.69, 9.17) is 0 Å². The highest BCUT2D eigenvalue weighted by atomic mass is 19.3. The third-order valence-electron chi connectivity index (χ3n) is 4.81. The Morgan fingerprint density at radius 3 is 2.59 bits per heavy atom. The van der Waals surface area contributed by atoms with Crippen LogP contribution in [0.3, 0.4) is 0 Å². The van der Waals surface area contributed by atoms with E-state index >= 15 is 0 Å². The number of hydrogen-bond acceptors (Lipinski definition) is 4. The first-order chi connectivity index (χ1) is 14.0. The molecular weight excluding hydrogens is 378 g/mol. The average Bonchev–Trinajstić information content (AvgIpc) is 3.30. The Morgan fingerprint density at radius 1 is 1.17 bits per heavy atom. The second-order valence-electron chi connectivity index (χ2n) is 6.59. The molecule has 4 aromatic rings. The average molecular weight is 396 g/mol. The number of benzene rings is 1. The highest BCUT2D eigenvalue weighted by Crippen LogP contribution is 2.26. The summed E-state index contributed by atoms with van der Waals surface area (Å²) >= 11 is 0. The number of aromatic nitrogens is 5. The van der Waals surface area contributed by atoms with Gasteiger partial charge in [-0.3, -0.25) is 9.48 Å². The number of nitrogens with one attached hydrogen (secondary N) is 1. The van der Waals surface area contributed by atoms with Crippen molar-refractivity contribution in [1.29, 1.82) is 0 Å². The lowest BCUT2D eigenvalue weighted by Crippen LogP contribution is -2.23. The molecule has 0 aliphatic carbocycles. The van der Waals surface area contributed by atoms with E-state index in [9.17, 15) is 13.6 Å². The molecule has 0 aliphatic heterocycles. The van der Waals surface area contributed by atoms with Crippen molar-refractivity contribution in [2.24, 2.45) is 7.05 Å². The molecule has 1 N–H and O–H groups in total. The van der Waals surface area contributed by atoms with Crippen LogP contribution in [0.25, 0.3) is 16.9 Å². The Bertz CT molecular complexity index is 1180. The second-order valence-corrected chi connectivity index (χ2v) is 6.59. The van der Waals surface area contributed by atoms with Gasteiger partial charge in [-0.15, -0.1) is 0 Å².